The van der Waals surface area contributed by atoms with Crippen molar-refractivity contribution in [2.45, 2.75) is 26.4 Å². The molecule has 0 saturated heterocycles. The molecule has 0 radical (unpaired) electrons. The Kier molecular flexibility index (Phi) is 7.49. The Hall–Kier alpha value is -1.98. The number of hydrogen-bond acceptors (Lipinski definition) is 4. The van der Waals surface area contributed by atoms with E-state index in [0.29, 0.717) is 24.5 Å². The van der Waals surface area contributed by atoms with Gasteiger partial charge in [-0.05, 0) is 30.2 Å². The number of amides is 1. The van der Waals surface area contributed by atoms with E-state index in [1.165, 1.54) is 6.26 Å². The van der Waals surface area contributed by atoms with Crippen LogP contribution in [0.1, 0.15) is 35.0 Å². The number of nitrogens with one attached hydrogen (secondary N) is 1. The fourth-order valence-corrected chi connectivity index (χ4v) is 1.81. The van der Waals surface area contributed by atoms with Gasteiger partial charge in [-0.15, -0.1) is 12.4 Å². The van der Waals surface area contributed by atoms with Crippen LogP contribution in [-0.4, -0.2) is 12.5 Å². The lowest BCUT2D eigenvalue weighted by Crippen LogP contribution is -2.22. The van der Waals surface area contributed by atoms with Gasteiger partial charge in [0.2, 0.25) is 0 Å². The summed E-state index contributed by atoms with van der Waals surface area (Å²) >= 11 is 0. The van der Waals surface area contributed by atoms with Crippen LogP contribution < -0.4 is 15.8 Å². The summed E-state index contributed by atoms with van der Waals surface area (Å²) in [4.78, 5) is 11.9. The zero-order valence-electron chi connectivity index (χ0n) is 12.5. The molecule has 1 heterocycles. The molecule has 2 rings (SSSR count). The predicted molar refractivity (Wildman–Crippen MR) is 87.2 cm³/mol. The molecule has 1 amide bonds. The molecule has 0 aliphatic carbocycles. The van der Waals surface area contributed by atoms with Crippen LogP contribution in [0, 0.1) is 0 Å². The molecule has 0 saturated carbocycles. The van der Waals surface area contributed by atoms with E-state index in [1.807, 2.05) is 24.3 Å². The number of furan rings is 1. The van der Waals surface area contributed by atoms with Gasteiger partial charge in [-0.2, -0.15) is 0 Å². The maximum Gasteiger partial charge on any atom is 0.254 e. The minimum absolute atomic E-state index is 0. The molecule has 22 heavy (non-hydrogen) atoms. The summed E-state index contributed by atoms with van der Waals surface area (Å²) in [5, 5.41) is 2.83. The van der Waals surface area contributed by atoms with Gasteiger partial charge in [-0.3, -0.25) is 4.79 Å². The molecule has 1 aromatic heterocycles. The summed E-state index contributed by atoms with van der Waals surface area (Å²) in [7, 11) is 0. The third kappa shape index (κ3) is 5.09. The van der Waals surface area contributed by atoms with Crippen molar-refractivity contribution in [1.29, 1.82) is 0 Å². The lowest BCUT2D eigenvalue weighted by atomic mass is 10.2. The van der Waals surface area contributed by atoms with Crippen molar-refractivity contribution in [1.82, 2.24) is 5.32 Å². The standard InChI is InChI=1S/C16H20N2O3.ClH/c1-2-7-20-14-5-3-12(4-6-14)10-18-16(19)13-8-15(9-17)21-11-13;/h3-6,8,11H,2,7,9-10,17H2,1H3,(H,18,19);1H. The van der Waals surface area contributed by atoms with Crippen LogP contribution in [0.3, 0.4) is 0 Å². The Morgan fingerprint density at radius 2 is 2.05 bits per heavy atom. The minimum Gasteiger partial charge on any atom is -0.494 e. The van der Waals surface area contributed by atoms with Crippen LogP contribution in [0.25, 0.3) is 0 Å². The van der Waals surface area contributed by atoms with E-state index in [9.17, 15) is 4.79 Å². The van der Waals surface area contributed by atoms with E-state index in [-0.39, 0.29) is 24.9 Å². The summed E-state index contributed by atoms with van der Waals surface area (Å²) in [5.74, 6) is 1.26. The maximum absolute atomic E-state index is 11.9. The van der Waals surface area contributed by atoms with E-state index >= 15 is 0 Å². The summed E-state index contributed by atoms with van der Waals surface area (Å²) in [5.41, 5.74) is 6.93. The lowest BCUT2D eigenvalue weighted by Gasteiger charge is -2.07. The van der Waals surface area contributed by atoms with E-state index in [0.717, 1.165) is 17.7 Å². The second-order valence-corrected chi connectivity index (χ2v) is 4.68. The third-order valence-electron chi connectivity index (χ3n) is 2.97. The first-order valence-corrected chi connectivity index (χ1v) is 7.00. The highest BCUT2D eigenvalue weighted by molar-refractivity contribution is 5.93. The Morgan fingerprint density at radius 1 is 1.32 bits per heavy atom. The highest BCUT2D eigenvalue weighted by atomic mass is 35.5. The molecule has 0 spiro atoms. The molecule has 2 aromatic rings. The molecular weight excluding hydrogens is 304 g/mol. The summed E-state index contributed by atoms with van der Waals surface area (Å²) in [6.07, 6.45) is 2.40. The van der Waals surface area contributed by atoms with Crippen molar-refractivity contribution in [3.05, 3.63) is 53.5 Å². The molecule has 6 heteroatoms. The molecule has 0 aliphatic rings. The highest BCUT2D eigenvalue weighted by Crippen LogP contribution is 2.13. The fourth-order valence-electron chi connectivity index (χ4n) is 1.81. The molecule has 3 N–H and O–H groups in total. The van der Waals surface area contributed by atoms with Gasteiger partial charge in [0.25, 0.3) is 5.91 Å². The average molecular weight is 325 g/mol. The monoisotopic (exact) mass is 324 g/mol. The predicted octanol–water partition coefficient (Wildman–Crippen LogP) is 2.88. The molecule has 1 aromatic carbocycles. The molecule has 0 bridgehead atoms. The first kappa shape index (κ1) is 18.1. The summed E-state index contributed by atoms with van der Waals surface area (Å²) in [6.45, 7) is 3.51. The topological polar surface area (TPSA) is 77.5 Å². The number of rotatable bonds is 7. The van der Waals surface area contributed by atoms with Crippen LogP contribution in [-0.2, 0) is 13.1 Å². The molecular formula is C16H21ClN2O3. The molecule has 120 valence electrons. The van der Waals surface area contributed by atoms with Crippen LogP contribution in [0.5, 0.6) is 5.75 Å². The van der Waals surface area contributed by atoms with Crippen molar-refractivity contribution < 1.29 is 13.9 Å². The number of nitrogens with two attached hydrogens (primary N) is 1. The second kappa shape index (κ2) is 9.12. The number of ether oxygens (including phenoxy) is 1. The SMILES string of the molecule is CCCOc1ccc(CNC(=O)c2coc(CN)c2)cc1.Cl. The molecule has 0 aliphatic heterocycles. The van der Waals surface area contributed by atoms with Crippen molar-refractivity contribution in [3.8, 4) is 5.75 Å². The quantitative estimate of drug-likeness (QED) is 0.821. The van der Waals surface area contributed by atoms with Crippen LogP contribution in [0.2, 0.25) is 0 Å². The molecule has 0 atom stereocenters. The number of carbonyl (C=O) groups is 1. The summed E-state index contributed by atoms with van der Waals surface area (Å²) < 4.78 is 10.6. The lowest BCUT2D eigenvalue weighted by molar-refractivity contribution is 0.0950. The normalized spacial score (nSPS) is 9.91. The maximum atomic E-state index is 11.9. The van der Waals surface area contributed by atoms with Crippen LogP contribution in [0.4, 0.5) is 0 Å². The van der Waals surface area contributed by atoms with Crippen molar-refractivity contribution in [2.75, 3.05) is 6.61 Å². The average Bonchev–Trinajstić information content (AvgIpc) is 3.00. The fraction of sp³-hybridized carbons (Fsp3) is 0.312. The second-order valence-electron chi connectivity index (χ2n) is 4.68. The number of halogens is 1. The van der Waals surface area contributed by atoms with E-state index < -0.39 is 0 Å². The van der Waals surface area contributed by atoms with Crippen molar-refractivity contribution >= 4 is 18.3 Å². The zero-order valence-corrected chi connectivity index (χ0v) is 13.3. The Bertz CT molecular complexity index is 581. The highest BCUT2D eigenvalue weighted by Gasteiger charge is 2.09. The van der Waals surface area contributed by atoms with Gasteiger partial charge in [0.1, 0.15) is 17.8 Å². The number of hydrogen-bond donors (Lipinski definition) is 2. The smallest absolute Gasteiger partial charge is 0.254 e. The van der Waals surface area contributed by atoms with Gasteiger partial charge in [-0.25, -0.2) is 0 Å². The molecule has 0 unspecified atom stereocenters. The van der Waals surface area contributed by atoms with E-state index in [2.05, 4.69) is 12.2 Å². The summed E-state index contributed by atoms with van der Waals surface area (Å²) in [6, 6.07) is 9.33. The van der Waals surface area contributed by atoms with E-state index in [1.54, 1.807) is 6.07 Å². The molecule has 5 nitrogen and oxygen atoms in total. The number of benzene rings is 1. The minimum atomic E-state index is -0.176. The van der Waals surface area contributed by atoms with Crippen LogP contribution >= 0.6 is 12.4 Å². The van der Waals surface area contributed by atoms with Crippen molar-refractivity contribution in [2.24, 2.45) is 5.73 Å². The first-order valence-electron chi connectivity index (χ1n) is 7.00. The number of carbonyl (C=O) groups excluding carboxylic acids is 1. The van der Waals surface area contributed by atoms with Crippen molar-refractivity contribution in [3.63, 3.8) is 0 Å². The first-order chi connectivity index (χ1) is 10.2. The Labute approximate surface area is 136 Å². The Morgan fingerprint density at radius 3 is 2.64 bits per heavy atom. The largest absolute Gasteiger partial charge is 0.494 e. The third-order valence-corrected chi connectivity index (χ3v) is 2.97. The van der Waals surface area contributed by atoms with Gasteiger partial charge in [0, 0.05) is 6.54 Å². The van der Waals surface area contributed by atoms with Gasteiger partial charge in [-0.1, -0.05) is 19.1 Å². The van der Waals surface area contributed by atoms with Crippen LogP contribution in [0.15, 0.2) is 41.0 Å². The van der Waals surface area contributed by atoms with Gasteiger partial charge in [0.05, 0.1) is 18.7 Å². The molecule has 0 fully saturated rings. The Balaban J connectivity index is 0.00000242. The zero-order chi connectivity index (χ0) is 15.1. The van der Waals surface area contributed by atoms with E-state index in [4.69, 9.17) is 14.9 Å². The van der Waals surface area contributed by atoms with Gasteiger partial charge >= 0.3 is 0 Å². The van der Waals surface area contributed by atoms with Gasteiger partial charge in [0.15, 0.2) is 0 Å². The van der Waals surface area contributed by atoms with Gasteiger partial charge < -0.3 is 20.2 Å².